The van der Waals surface area contributed by atoms with Gasteiger partial charge in [-0.1, -0.05) is 61.9 Å². The molecule has 2 aromatic rings. The zero-order valence-corrected chi connectivity index (χ0v) is 34.3. The van der Waals surface area contributed by atoms with E-state index in [1.165, 1.54) is 12.0 Å². The van der Waals surface area contributed by atoms with Crippen molar-refractivity contribution >= 4 is 23.9 Å². The standard InChI is InChI=1S/C47H59NO9/c1-44(2,3)56-40(50)17-15-34(27-49)48-42(51)33-22-37(41-38(23-33)54-47(57-41)24-31-11-7-8-12-32(31)25-47)53-43(52)30-13-9-10-28(21-30)20-29-14-16-39-46(6,55-39)19-18-36-35(29)26-45(36,4)5/h7-13,20-21,23,34-39,41,49H,14-19,22,24-27H2,1-6H3,(H,48,51)/t34-,35+,36+,37+,38+,39?,41-,46+/m0/s1. The van der Waals surface area contributed by atoms with Crippen molar-refractivity contribution < 1.29 is 43.2 Å². The van der Waals surface area contributed by atoms with Gasteiger partial charge < -0.3 is 34.1 Å². The number of rotatable bonds is 9. The van der Waals surface area contributed by atoms with Crippen molar-refractivity contribution in [3.8, 4) is 0 Å². The number of carbonyl (C=O) groups excluding carboxylic acids is 3. The summed E-state index contributed by atoms with van der Waals surface area (Å²) in [6.45, 7) is 12.1. The number of benzene rings is 2. The van der Waals surface area contributed by atoms with Gasteiger partial charge in [0.05, 0.1) is 29.9 Å². The van der Waals surface area contributed by atoms with Crippen LogP contribution in [0.1, 0.15) is 120 Å². The van der Waals surface area contributed by atoms with Crippen molar-refractivity contribution in [1.82, 2.24) is 5.32 Å². The Kier molecular flexibility index (Phi) is 10.6. The molecule has 4 fully saturated rings. The third-order valence-electron chi connectivity index (χ3n) is 13.3. The molecule has 2 saturated heterocycles. The first-order valence-corrected chi connectivity index (χ1v) is 21.0. The van der Waals surface area contributed by atoms with E-state index in [4.69, 9.17) is 23.7 Å². The van der Waals surface area contributed by atoms with Gasteiger partial charge in [-0.15, -0.1) is 0 Å². The lowest BCUT2D eigenvalue weighted by molar-refractivity contribution is -0.172. The first-order valence-electron chi connectivity index (χ1n) is 21.0. The van der Waals surface area contributed by atoms with Gasteiger partial charge in [0.15, 0.2) is 5.79 Å². The third-order valence-corrected chi connectivity index (χ3v) is 13.3. The number of hydrogen-bond acceptors (Lipinski definition) is 9. The van der Waals surface area contributed by atoms with Crippen molar-refractivity contribution in [3.63, 3.8) is 0 Å². The molecule has 2 heterocycles. The molecular formula is C47H59NO9. The van der Waals surface area contributed by atoms with Crippen LogP contribution < -0.4 is 5.32 Å². The minimum atomic E-state index is -0.938. The number of amides is 1. The molecule has 2 aromatic carbocycles. The van der Waals surface area contributed by atoms with Crippen LogP contribution in [0.4, 0.5) is 0 Å². The SMILES string of the molecule is CC(C)(C)OC(=O)CC[C@@H](CO)NC(=O)C1=C[C@H]2OC3(Cc4ccccc4C3)O[C@H]2[C@H](OC(=O)c2cccc(C=C3CCC4O[C@]4(C)CC[C@@H]4[C@@H]3CC4(C)C)c2)C1. The topological polar surface area (TPSA) is 133 Å². The number of ether oxygens (including phenoxy) is 5. The Morgan fingerprint density at radius 3 is 2.46 bits per heavy atom. The van der Waals surface area contributed by atoms with Gasteiger partial charge in [0, 0.05) is 31.3 Å². The van der Waals surface area contributed by atoms with Crippen LogP contribution in [0, 0.1) is 17.3 Å². The molecule has 57 heavy (non-hydrogen) atoms. The fourth-order valence-corrected chi connectivity index (χ4v) is 10.2. The van der Waals surface area contributed by atoms with Crippen LogP contribution >= 0.6 is 0 Å². The second-order valence-corrected chi connectivity index (χ2v) is 19.3. The summed E-state index contributed by atoms with van der Waals surface area (Å²) in [4.78, 5) is 40.3. The molecule has 1 unspecified atom stereocenters. The summed E-state index contributed by atoms with van der Waals surface area (Å²) >= 11 is 0. The van der Waals surface area contributed by atoms with Crippen LogP contribution in [0.2, 0.25) is 0 Å². The largest absolute Gasteiger partial charge is 0.460 e. The van der Waals surface area contributed by atoms with Crippen molar-refractivity contribution in [2.45, 2.75) is 153 Å². The second kappa shape index (κ2) is 15.1. The predicted molar refractivity (Wildman–Crippen MR) is 214 cm³/mol. The number of epoxide rings is 1. The van der Waals surface area contributed by atoms with Gasteiger partial charge in [-0.25, -0.2) is 4.79 Å². The normalized spacial score (nSPS) is 31.8. The Balaban J connectivity index is 0.996. The summed E-state index contributed by atoms with van der Waals surface area (Å²) in [6.07, 6.45) is 9.15. The molecule has 4 aliphatic carbocycles. The quantitative estimate of drug-likeness (QED) is 0.200. The zero-order chi connectivity index (χ0) is 40.3. The van der Waals surface area contributed by atoms with Crippen molar-refractivity contribution in [1.29, 1.82) is 0 Å². The molecule has 8 rings (SSSR count). The van der Waals surface area contributed by atoms with E-state index in [0.29, 0.717) is 47.3 Å². The fraction of sp³-hybridized carbons (Fsp3) is 0.596. The average Bonchev–Trinajstić information content (AvgIpc) is 3.44. The summed E-state index contributed by atoms with van der Waals surface area (Å²) in [5.74, 6) is -1.12. The highest BCUT2D eigenvalue weighted by Crippen LogP contribution is 2.60. The number of allylic oxidation sites excluding steroid dienone is 1. The lowest BCUT2D eigenvalue weighted by atomic mass is 9.52. The van der Waals surface area contributed by atoms with E-state index in [-0.39, 0.29) is 31.5 Å². The van der Waals surface area contributed by atoms with Gasteiger partial charge in [-0.2, -0.15) is 0 Å². The van der Waals surface area contributed by atoms with Gasteiger partial charge in [-0.3, -0.25) is 9.59 Å². The molecule has 0 radical (unpaired) electrons. The molecule has 2 aliphatic heterocycles. The molecule has 8 atom stereocenters. The summed E-state index contributed by atoms with van der Waals surface area (Å²) in [5.41, 5.74) is 5.16. The minimum absolute atomic E-state index is 0.0149. The highest BCUT2D eigenvalue weighted by atomic mass is 16.8. The smallest absolute Gasteiger partial charge is 0.338 e. The van der Waals surface area contributed by atoms with Gasteiger partial charge in [-0.05, 0) is 118 Å². The van der Waals surface area contributed by atoms with Crippen LogP contribution in [0.5, 0.6) is 0 Å². The van der Waals surface area contributed by atoms with Crippen molar-refractivity contribution in [3.05, 3.63) is 88.0 Å². The summed E-state index contributed by atoms with van der Waals surface area (Å²) in [5, 5.41) is 13.0. The molecule has 1 amide bonds. The zero-order valence-electron chi connectivity index (χ0n) is 34.3. The molecule has 6 aliphatic rings. The number of aliphatic hydroxyl groups is 1. The number of nitrogens with one attached hydrogen (secondary N) is 1. The lowest BCUT2D eigenvalue weighted by Crippen LogP contribution is -2.45. The van der Waals surface area contributed by atoms with Crippen molar-refractivity contribution in [2.75, 3.05) is 6.61 Å². The van der Waals surface area contributed by atoms with Crippen LogP contribution in [0.15, 0.2) is 65.8 Å². The Hall–Kier alpha value is -3.83. The van der Waals surface area contributed by atoms with E-state index < -0.39 is 53.6 Å². The van der Waals surface area contributed by atoms with Crippen molar-refractivity contribution in [2.24, 2.45) is 17.3 Å². The fourth-order valence-electron chi connectivity index (χ4n) is 10.2. The van der Waals surface area contributed by atoms with Crippen LogP contribution in [0.3, 0.4) is 0 Å². The van der Waals surface area contributed by atoms with E-state index >= 15 is 0 Å². The number of hydrogen-bond donors (Lipinski definition) is 2. The highest BCUT2D eigenvalue weighted by molar-refractivity contribution is 5.94. The maximum atomic E-state index is 14.1. The number of aliphatic hydroxyl groups excluding tert-OH is 1. The van der Waals surface area contributed by atoms with E-state index in [2.05, 4.69) is 44.3 Å². The van der Waals surface area contributed by atoms with Crippen LogP contribution in [-0.2, 0) is 46.1 Å². The molecule has 10 nitrogen and oxygen atoms in total. The number of esters is 2. The molecule has 10 heteroatoms. The van der Waals surface area contributed by atoms with Crippen LogP contribution in [-0.4, -0.2) is 77.0 Å². The monoisotopic (exact) mass is 781 g/mol. The molecule has 2 saturated carbocycles. The molecule has 2 N–H and O–H groups in total. The average molecular weight is 782 g/mol. The molecule has 1 spiro atoms. The van der Waals surface area contributed by atoms with Crippen LogP contribution in [0.25, 0.3) is 6.08 Å². The Morgan fingerprint density at radius 2 is 1.75 bits per heavy atom. The minimum Gasteiger partial charge on any atom is -0.460 e. The van der Waals surface area contributed by atoms with Gasteiger partial charge in [0.25, 0.3) is 0 Å². The number of carbonyl (C=O) groups is 3. The third kappa shape index (κ3) is 8.52. The van der Waals surface area contributed by atoms with E-state index in [1.54, 1.807) is 32.9 Å². The van der Waals surface area contributed by atoms with E-state index in [0.717, 1.165) is 42.4 Å². The van der Waals surface area contributed by atoms with E-state index in [9.17, 15) is 19.5 Å². The lowest BCUT2D eigenvalue weighted by Gasteiger charge is -2.53. The molecular weight excluding hydrogens is 723 g/mol. The Bertz CT molecular complexity index is 1930. The Labute approximate surface area is 336 Å². The summed E-state index contributed by atoms with van der Waals surface area (Å²) in [6, 6.07) is 15.1. The maximum Gasteiger partial charge on any atom is 0.338 e. The molecule has 306 valence electrons. The van der Waals surface area contributed by atoms with E-state index in [1.807, 2.05) is 30.3 Å². The van der Waals surface area contributed by atoms with Gasteiger partial charge in [0.2, 0.25) is 5.91 Å². The molecule has 0 bridgehead atoms. The second-order valence-electron chi connectivity index (χ2n) is 19.3. The summed E-state index contributed by atoms with van der Waals surface area (Å²) in [7, 11) is 0. The molecule has 0 aromatic heterocycles. The maximum absolute atomic E-state index is 14.1. The number of fused-ring (bicyclic) bond motifs is 4. The summed E-state index contributed by atoms with van der Waals surface area (Å²) < 4.78 is 31.2. The van der Waals surface area contributed by atoms with Gasteiger partial charge >= 0.3 is 11.9 Å². The Morgan fingerprint density at radius 1 is 1.00 bits per heavy atom. The first kappa shape index (κ1) is 40.0. The van der Waals surface area contributed by atoms with Gasteiger partial charge in [0.1, 0.15) is 23.9 Å². The predicted octanol–water partition coefficient (Wildman–Crippen LogP) is 7.20. The first-order chi connectivity index (χ1) is 27.0. The highest BCUT2D eigenvalue weighted by Gasteiger charge is 2.57.